The van der Waals surface area contributed by atoms with Crippen molar-refractivity contribution in [3.05, 3.63) is 59.9 Å². The number of pyridine rings is 1. The zero-order valence-electron chi connectivity index (χ0n) is 16.6. The molecule has 1 aromatic carbocycles. The number of imidazole rings is 1. The van der Waals surface area contributed by atoms with Crippen molar-refractivity contribution < 1.29 is 12.8 Å². The zero-order chi connectivity index (χ0) is 20.6. The van der Waals surface area contributed by atoms with Crippen LogP contribution in [0.25, 0.3) is 11.0 Å². The number of fused-ring (bicyclic) bond motifs is 1. The van der Waals surface area contributed by atoms with E-state index in [2.05, 4.69) is 23.4 Å². The Kier molecular flexibility index (Phi) is 5.40. The SMILES string of the molecule is CC(C)Cn1c(C2CCN(S(=O)(=O)Cc3ccccc3F)C2)nc2ccncc21. The Morgan fingerprint density at radius 2 is 2.03 bits per heavy atom. The predicted octanol–water partition coefficient (Wildman–Crippen LogP) is 3.55. The third-order valence-electron chi connectivity index (χ3n) is 5.33. The molecule has 2 aromatic heterocycles. The van der Waals surface area contributed by atoms with Crippen molar-refractivity contribution in [3.63, 3.8) is 0 Å². The summed E-state index contributed by atoms with van der Waals surface area (Å²) < 4.78 is 43.4. The zero-order valence-corrected chi connectivity index (χ0v) is 17.4. The first-order valence-electron chi connectivity index (χ1n) is 9.86. The van der Waals surface area contributed by atoms with E-state index in [1.54, 1.807) is 18.3 Å². The maximum absolute atomic E-state index is 13.9. The smallest absolute Gasteiger partial charge is 0.218 e. The highest BCUT2D eigenvalue weighted by molar-refractivity contribution is 7.88. The molecule has 0 bridgehead atoms. The lowest BCUT2D eigenvalue weighted by molar-refractivity contribution is 0.461. The minimum atomic E-state index is -3.60. The average Bonchev–Trinajstić information content (AvgIpc) is 3.29. The van der Waals surface area contributed by atoms with Gasteiger partial charge < -0.3 is 4.57 Å². The van der Waals surface area contributed by atoms with Crippen LogP contribution in [0.2, 0.25) is 0 Å². The molecule has 3 aromatic rings. The summed E-state index contributed by atoms with van der Waals surface area (Å²) in [5.74, 6) is 0.534. The van der Waals surface area contributed by atoms with Gasteiger partial charge in [0.2, 0.25) is 10.0 Å². The fourth-order valence-corrected chi connectivity index (χ4v) is 5.55. The lowest BCUT2D eigenvalue weighted by atomic mass is 10.1. The number of benzene rings is 1. The monoisotopic (exact) mass is 416 g/mol. The molecular formula is C21H25FN4O2S. The van der Waals surface area contributed by atoms with Crippen LogP contribution < -0.4 is 0 Å². The third kappa shape index (κ3) is 4.04. The van der Waals surface area contributed by atoms with E-state index in [0.717, 1.165) is 23.4 Å². The van der Waals surface area contributed by atoms with Gasteiger partial charge in [0.15, 0.2) is 0 Å². The highest BCUT2D eigenvalue weighted by Crippen LogP contribution is 2.32. The van der Waals surface area contributed by atoms with Gasteiger partial charge in [0.1, 0.15) is 11.6 Å². The van der Waals surface area contributed by atoms with E-state index in [9.17, 15) is 12.8 Å². The van der Waals surface area contributed by atoms with Crippen molar-refractivity contribution in [3.8, 4) is 0 Å². The van der Waals surface area contributed by atoms with Crippen molar-refractivity contribution in [2.24, 2.45) is 5.92 Å². The molecule has 1 saturated heterocycles. The van der Waals surface area contributed by atoms with Crippen molar-refractivity contribution in [2.75, 3.05) is 13.1 Å². The van der Waals surface area contributed by atoms with Crippen LogP contribution in [0.5, 0.6) is 0 Å². The molecule has 0 radical (unpaired) electrons. The molecule has 0 aliphatic carbocycles. The summed E-state index contributed by atoms with van der Waals surface area (Å²) >= 11 is 0. The van der Waals surface area contributed by atoms with Gasteiger partial charge in [0, 0.05) is 37.3 Å². The maximum Gasteiger partial charge on any atom is 0.218 e. The van der Waals surface area contributed by atoms with Gasteiger partial charge in [-0.3, -0.25) is 4.98 Å². The van der Waals surface area contributed by atoms with Gasteiger partial charge in [-0.1, -0.05) is 32.0 Å². The number of hydrogen-bond donors (Lipinski definition) is 0. The highest BCUT2D eigenvalue weighted by atomic mass is 32.2. The van der Waals surface area contributed by atoms with E-state index in [1.807, 2.05) is 12.3 Å². The number of hydrogen-bond acceptors (Lipinski definition) is 4. The Morgan fingerprint density at radius 1 is 1.24 bits per heavy atom. The van der Waals surface area contributed by atoms with E-state index in [0.29, 0.717) is 25.4 Å². The molecule has 29 heavy (non-hydrogen) atoms. The second kappa shape index (κ2) is 7.84. The number of rotatable bonds is 6. The van der Waals surface area contributed by atoms with Crippen LogP contribution in [0.3, 0.4) is 0 Å². The molecular weight excluding hydrogens is 391 g/mol. The molecule has 1 atom stereocenters. The van der Waals surface area contributed by atoms with E-state index in [1.165, 1.54) is 16.4 Å². The van der Waals surface area contributed by atoms with Gasteiger partial charge in [0.25, 0.3) is 0 Å². The first-order valence-corrected chi connectivity index (χ1v) is 11.5. The number of halogens is 1. The summed E-state index contributed by atoms with van der Waals surface area (Å²) in [5.41, 5.74) is 2.06. The van der Waals surface area contributed by atoms with Crippen LogP contribution in [-0.2, 0) is 22.3 Å². The Bertz CT molecular complexity index is 1130. The molecule has 8 heteroatoms. The van der Waals surface area contributed by atoms with Crippen LogP contribution >= 0.6 is 0 Å². The number of sulfonamides is 1. The van der Waals surface area contributed by atoms with Gasteiger partial charge in [-0.25, -0.2) is 22.1 Å². The van der Waals surface area contributed by atoms with Gasteiger partial charge in [-0.15, -0.1) is 0 Å². The first-order chi connectivity index (χ1) is 13.8. The third-order valence-corrected chi connectivity index (χ3v) is 7.13. The summed E-state index contributed by atoms with van der Waals surface area (Å²) in [6.07, 6.45) is 4.24. The van der Waals surface area contributed by atoms with E-state index in [4.69, 9.17) is 4.98 Å². The fourth-order valence-electron chi connectivity index (χ4n) is 3.95. The molecule has 0 amide bonds. The summed E-state index contributed by atoms with van der Waals surface area (Å²) in [5, 5.41) is 0. The quantitative estimate of drug-likeness (QED) is 0.616. The molecule has 0 spiro atoms. The van der Waals surface area contributed by atoms with Crippen molar-refractivity contribution >= 4 is 21.1 Å². The van der Waals surface area contributed by atoms with E-state index < -0.39 is 15.8 Å². The molecule has 1 fully saturated rings. The first kappa shape index (κ1) is 20.0. The van der Waals surface area contributed by atoms with Gasteiger partial charge in [-0.2, -0.15) is 0 Å². The second-order valence-corrected chi connectivity index (χ2v) is 10.00. The molecule has 0 saturated carbocycles. The molecule has 4 rings (SSSR count). The van der Waals surface area contributed by atoms with Crippen LogP contribution in [0.1, 0.15) is 37.6 Å². The van der Waals surface area contributed by atoms with Crippen molar-refractivity contribution in [1.29, 1.82) is 0 Å². The predicted molar refractivity (Wildman–Crippen MR) is 110 cm³/mol. The summed E-state index contributed by atoms with van der Waals surface area (Å²) in [4.78, 5) is 9.03. The Balaban J connectivity index is 1.59. The Labute approximate surface area is 170 Å². The fraction of sp³-hybridized carbons (Fsp3) is 0.429. The normalized spacial score (nSPS) is 18.1. The molecule has 3 heterocycles. The van der Waals surface area contributed by atoms with Gasteiger partial charge in [-0.05, 0) is 24.5 Å². The minimum absolute atomic E-state index is 0.0107. The topological polar surface area (TPSA) is 68.1 Å². The Morgan fingerprint density at radius 3 is 2.79 bits per heavy atom. The van der Waals surface area contributed by atoms with E-state index in [-0.39, 0.29) is 17.2 Å². The lowest BCUT2D eigenvalue weighted by Crippen LogP contribution is -2.30. The second-order valence-electron chi connectivity index (χ2n) is 8.03. The molecule has 6 nitrogen and oxygen atoms in total. The maximum atomic E-state index is 13.9. The average molecular weight is 417 g/mol. The van der Waals surface area contributed by atoms with Crippen LogP contribution in [-0.4, -0.2) is 40.3 Å². The molecule has 154 valence electrons. The van der Waals surface area contributed by atoms with Crippen molar-refractivity contribution in [1.82, 2.24) is 18.8 Å². The molecule has 1 aliphatic heterocycles. The Hall–Kier alpha value is -2.32. The van der Waals surface area contributed by atoms with Gasteiger partial charge in [0.05, 0.1) is 23.0 Å². The van der Waals surface area contributed by atoms with Crippen molar-refractivity contribution in [2.45, 2.75) is 38.5 Å². The lowest BCUT2D eigenvalue weighted by Gasteiger charge is -2.18. The molecule has 0 N–H and O–H groups in total. The summed E-state index contributed by atoms with van der Waals surface area (Å²) in [6.45, 7) is 5.88. The number of nitrogens with zero attached hydrogens (tertiary/aromatic N) is 4. The van der Waals surface area contributed by atoms with Crippen LogP contribution in [0.4, 0.5) is 4.39 Å². The van der Waals surface area contributed by atoms with Crippen LogP contribution in [0, 0.1) is 11.7 Å². The highest BCUT2D eigenvalue weighted by Gasteiger charge is 2.35. The van der Waals surface area contributed by atoms with Crippen LogP contribution in [0.15, 0.2) is 42.7 Å². The number of aromatic nitrogens is 3. The summed E-state index contributed by atoms with van der Waals surface area (Å²) in [6, 6.07) is 7.92. The summed E-state index contributed by atoms with van der Waals surface area (Å²) in [7, 11) is -3.60. The standard InChI is InChI=1S/C21H25FN4O2S/c1-15(2)12-26-20-11-23-9-7-19(20)24-21(26)16-8-10-25(13-16)29(27,28)14-17-5-3-4-6-18(17)22/h3-7,9,11,15-16H,8,10,12-14H2,1-2H3. The minimum Gasteiger partial charge on any atom is -0.326 e. The largest absolute Gasteiger partial charge is 0.326 e. The van der Waals surface area contributed by atoms with E-state index >= 15 is 0 Å². The van der Waals surface area contributed by atoms with Gasteiger partial charge >= 0.3 is 0 Å². The molecule has 1 unspecified atom stereocenters. The molecule has 1 aliphatic rings.